The Morgan fingerprint density at radius 1 is 1.25 bits per heavy atom. The average Bonchev–Trinajstić information content (AvgIpc) is 2.66. The molecule has 2 aromatic rings. The zero-order chi connectivity index (χ0) is 19.6. The van der Waals surface area contributed by atoms with E-state index in [0.29, 0.717) is 30.3 Å². The number of likely N-dealkylation sites (N-methyl/N-ethyl adjacent to an activating group) is 1. The second-order valence-corrected chi connectivity index (χ2v) is 6.40. The number of amides is 1. The van der Waals surface area contributed by atoms with Crippen molar-refractivity contribution in [3.63, 3.8) is 0 Å². The Hall–Kier alpha value is -2.00. The lowest BCUT2D eigenvalue weighted by Gasteiger charge is -2.22. The normalized spacial score (nSPS) is 10.8. The van der Waals surface area contributed by atoms with Crippen LogP contribution >= 0.6 is 35.6 Å². The summed E-state index contributed by atoms with van der Waals surface area (Å²) < 4.78 is 5.73. The Balaban J connectivity index is 0.00000392. The number of primary amides is 1. The highest BCUT2D eigenvalue weighted by Gasteiger charge is 2.07. The third kappa shape index (κ3) is 7.93. The number of aliphatic imine (C=N–C) groups is 1. The molecule has 3 N–H and O–H groups in total. The number of rotatable bonds is 8. The Morgan fingerprint density at radius 3 is 2.61 bits per heavy atom. The van der Waals surface area contributed by atoms with Gasteiger partial charge in [-0.25, -0.2) is 4.99 Å². The maximum Gasteiger partial charge on any atom is 0.248 e. The lowest BCUT2D eigenvalue weighted by atomic mass is 10.1. The first-order valence-electron chi connectivity index (χ1n) is 8.76. The van der Waals surface area contributed by atoms with Crippen molar-refractivity contribution in [2.75, 3.05) is 26.7 Å². The number of hydrogen-bond donors (Lipinski definition) is 2. The summed E-state index contributed by atoms with van der Waals surface area (Å²) in [5, 5.41) is 3.94. The summed E-state index contributed by atoms with van der Waals surface area (Å²) in [7, 11) is 1.95. The fourth-order valence-corrected chi connectivity index (χ4v) is 2.52. The minimum atomic E-state index is -0.441. The Labute approximate surface area is 188 Å². The highest BCUT2D eigenvalue weighted by Crippen LogP contribution is 2.15. The molecule has 6 nitrogen and oxygen atoms in total. The van der Waals surface area contributed by atoms with Crippen LogP contribution in [-0.4, -0.2) is 43.5 Å². The number of benzene rings is 2. The molecule has 0 saturated heterocycles. The summed E-state index contributed by atoms with van der Waals surface area (Å²) in [6, 6.07) is 14.5. The van der Waals surface area contributed by atoms with Crippen LogP contribution in [0, 0.1) is 0 Å². The summed E-state index contributed by atoms with van der Waals surface area (Å²) in [5.41, 5.74) is 6.74. The molecule has 0 aromatic heterocycles. The number of carbonyl (C=O) groups excluding carboxylic acids is 1. The number of carbonyl (C=O) groups is 1. The SMILES string of the molecule is CCNC(=NCc1cccc(C(N)=O)c1)N(C)CCOc1ccc(Cl)cc1.I. The molecular formula is C20H26ClIN4O2. The van der Waals surface area contributed by atoms with Gasteiger partial charge in [-0.3, -0.25) is 4.79 Å². The van der Waals surface area contributed by atoms with E-state index in [-0.39, 0.29) is 24.0 Å². The summed E-state index contributed by atoms with van der Waals surface area (Å²) >= 11 is 5.87. The highest BCUT2D eigenvalue weighted by atomic mass is 127. The third-order valence-electron chi connectivity index (χ3n) is 3.83. The topological polar surface area (TPSA) is 79.9 Å². The minimum absolute atomic E-state index is 0. The predicted molar refractivity (Wildman–Crippen MR) is 125 cm³/mol. The van der Waals surface area contributed by atoms with Gasteiger partial charge in [-0.15, -0.1) is 24.0 Å². The molecule has 8 heteroatoms. The van der Waals surface area contributed by atoms with Crippen molar-refractivity contribution < 1.29 is 9.53 Å². The molecule has 1 amide bonds. The van der Waals surface area contributed by atoms with Crippen LogP contribution in [0.5, 0.6) is 5.75 Å². The summed E-state index contributed by atoms with van der Waals surface area (Å²) in [5.74, 6) is 1.10. The highest BCUT2D eigenvalue weighted by molar-refractivity contribution is 14.0. The fourth-order valence-electron chi connectivity index (χ4n) is 2.40. The molecule has 0 spiro atoms. The lowest BCUT2D eigenvalue weighted by Crippen LogP contribution is -2.40. The zero-order valence-corrected chi connectivity index (χ0v) is 19.1. The maximum absolute atomic E-state index is 11.3. The van der Waals surface area contributed by atoms with Gasteiger partial charge in [-0.1, -0.05) is 23.7 Å². The maximum atomic E-state index is 11.3. The van der Waals surface area contributed by atoms with E-state index in [1.165, 1.54) is 0 Å². The van der Waals surface area contributed by atoms with Crippen LogP contribution in [0.3, 0.4) is 0 Å². The molecule has 0 aliphatic carbocycles. The molecule has 0 saturated carbocycles. The predicted octanol–water partition coefficient (Wildman–Crippen LogP) is 3.53. The van der Waals surface area contributed by atoms with Gasteiger partial charge in [0.1, 0.15) is 12.4 Å². The van der Waals surface area contributed by atoms with Crippen LogP contribution in [0.25, 0.3) is 0 Å². The van der Waals surface area contributed by atoms with Crippen molar-refractivity contribution in [1.29, 1.82) is 0 Å². The van der Waals surface area contributed by atoms with E-state index >= 15 is 0 Å². The molecule has 0 fully saturated rings. The van der Waals surface area contributed by atoms with Crippen LogP contribution < -0.4 is 15.8 Å². The molecule has 0 bridgehead atoms. The van der Waals surface area contributed by atoms with Crippen LogP contribution in [0.2, 0.25) is 5.02 Å². The number of guanidine groups is 1. The number of ether oxygens (including phenoxy) is 1. The van der Waals surface area contributed by atoms with Crippen molar-refractivity contribution >= 4 is 47.4 Å². The van der Waals surface area contributed by atoms with Crippen LogP contribution in [-0.2, 0) is 6.54 Å². The van der Waals surface area contributed by atoms with Gasteiger partial charge >= 0.3 is 0 Å². The fraction of sp³-hybridized carbons (Fsp3) is 0.300. The van der Waals surface area contributed by atoms with Crippen molar-refractivity contribution in [3.8, 4) is 5.75 Å². The first kappa shape index (κ1) is 24.0. The Morgan fingerprint density at radius 2 is 1.96 bits per heavy atom. The average molecular weight is 517 g/mol. The van der Waals surface area contributed by atoms with E-state index in [1.807, 2.05) is 43.1 Å². The van der Waals surface area contributed by atoms with E-state index in [4.69, 9.17) is 22.1 Å². The molecule has 0 atom stereocenters. The summed E-state index contributed by atoms with van der Waals surface area (Å²) in [6.45, 7) is 4.39. The van der Waals surface area contributed by atoms with E-state index in [0.717, 1.165) is 23.8 Å². The number of halogens is 2. The largest absolute Gasteiger partial charge is 0.492 e. The summed E-state index contributed by atoms with van der Waals surface area (Å²) in [4.78, 5) is 17.9. The van der Waals surface area contributed by atoms with Crippen molar-refractivity contribution in [2.24, 2.45) is 10.7 Å². The summed E-state index contributed by atoms with van der Waals surface area (Å²) in [6.07, 6.45) is 0. The molecule has 2 aromatic carbocycles. The standard InChI is InChI=1S/C20H25ClN4O2.HI/c1-3-23-20(24-14-15-5-4-6-16(13-15)19(22)26)25(2)11-12-27-18-9-7-17(21)8-10-18;/h4-10,13H,3,11-12,14H2,1-2H3,(H2,22,26)(H,23,24);1H. The Kier molecular flexibility index (Phi) is 10.7. The molecular weight excluding hydrogens is 491 g/mol. The molecule has 0 aliphatic heterocycles. The van der Waals surface area contributed by atoms with Crippen LogP contribution in [0.1, 0.15) is 22.8 Å². The molecule has 28 heavy (non-hydrogen) atoms. The first-order valence-corrected chi connectivity index (χ1v) is 9.14. The van der Waals surface area contributed by atoms with E-state index in [9.17, 15) is 4.79 Å². The van der Waals surface area contributed by atoms with Gasteiger partial charge in [0.05, 0.1) is 13.1 Å². The lowest BCUT2D eigenvalue weighted by molar-refractivity contribution is 0.1000. The van der Waals surface area contributed by atoms with Crippen molar-refractivity contribution in [2.45, 2.75) is 13.5 Å². The van der Waals surface area contributed by atoms with Crippen molar-refractivity contribution in [3.05, 3.63) is 64.7 Å². The Bertz CT molecular complexity index is 784. The quantitative estimate of drug-likeness (QED) is 0.320. The van der Waals surface area contributed by atoms with Gasteiger partial charge in [0.2, 0.25) is 5.91 Å². The molecule has 0 heterocycles. The van der Waals surface area contributed by atoms with Gasteiger partial charge in [0.15, 0.2) is 5.96 Å². The van der Waals surface area contributed by atoms with Gasteiger partial charge in [-0.2, -0.15) is 0 Å². The smallest absolute Gasteiger partial charge is 0.248 e. The van der Waals surface area contributed by atoms with Crippen molar-refractivity contribution in [1.82, 2.24) is 10.2 Å². The number of nitrogens with two attached hydrogens (primary N) is 1. The molecule has 2 rings (SSSR count). The molecule has 0 radical (unpaired) electrons. The number of nitrogens with one attached hydrogen (secondary N) is 1. The van der Waals surface area contributed by atoms with Crippen LogP contribution in [0.15, 0.2) is 53.5 Å². The van der Waals surface area contributed by atoms with E-state index in [1.54, 1.807) is 24.3 Å². The molecule has 0 aliphatic rings. The van der Waals surface area contributed by atoms with Crippen LogP contribution in [0.4, 0.5) is 0 Å². The van der Waals surface area contributed by atoms with Gasteiger partial charge in [0.25, 0.3) is 0 Å². The first-order chi connectivity index (χ1) is 13.0. The molecule has 0 unspecified atom stereocenters. The minimum Gasteiger partial charge on any atom is -0.492 e. The van der Waals surface area contributed by atoms with Gasteiger partial charge < -0.3 is 20.7 Å². The second-order valence-electron chi connectivity index (χ2n) is 5.96. The van der Waals surface area contributed by atoms with E-state index in [2.05, 4.69) is 10.3 Å². The second kappa shape index (κ2) is 12.5. The third-order valence-corrected chi connectivity index (χ3v) is 4.08. The zero-order valence-electron chi connectivity index (χ0n) is 16.0. The number of hydrogen-bond acceptors (Lipinski definition) is 3. The number of nitrogens with zero attached hydrogens (tertiary/aromatic N) is 2. The molecule has 152 valence electrons. The monoisotopic (exact) mass is 516 g/mol. The van der Waals surface area contributed by atoms with Gasteiger partial charge in [-0.05, 0) is 48.9 Å². The van der Waals surface area contributed by atoms with E-state index < -0.39 is 5.91 Å². The van der Waals surface area contributed by atoms with Gasteiger partial charge in [0, 0.05) is 24.2 Å².